The van der Waals surface area contributed by atoms with E-state index in [4.69, 9.17) is 4.74 Å². The van der Waals surface area contributed by atoms with Crippen LogP contribution in [0.5, 0.6) is 11.5 Å². The van der Waals surface area contributed by atoms with Crippen molar-refractivity contribution in [1.82, 2.24) is 14.8 Å². The number of aromatic hydroxyl groups is 1. The van der Waals surface area contributed by atoms with Gasteiger partial charge in [0.1, 0.15) is 5.78 Å². The molecule has 0 unspecified atom stereocenters. The van der Waals surface area contributed by atoms with Crippen LogP contribution in [-0.4, -0.2) is 39.0 Å². The normalized spacial score (nSPS) is 23.1. The lowest BCUT2D eigenvalue weighted by Crippen LogP contribution is -2.42. The Kier molecular flexibility index (Phi) is 4.18. The number of nitrogens with zero attached hydrogens (tertiary/aromatic N) is 3. The number of benzene rings is 1. The second-order valence-electron chi connectivity index (χ2n) is 7.58. The van der Waals surface area contributed by atoms with Gasteiger partial charge in [0.15, 0.2) is 11.5 Å². The summed E-state index contributed by atoms with van der Waals surface area (Å²) in [5.74, 6) is 0.826. The van der Waals surface area contributed by atoms with Gasteiger partial charge in [-0.05, 0) is 29.4 Å². The number of allylic oxidation sites excluding steroid dienone is 2. The first-order chi connectivity index (χ1) is 12.8. The molecule has 0 saturated carbocycles. The Hall–Kier alpha value is -2.48. The summed E-state index contributed by atoms with van der Waals surface area (Å²) in [6, 6.07) is 4.81. The lowest BCUT2D eigenvalue weighted by molar-refractivity contribution is -0.125. The van der Waals surface area contributed by atoms with Crippen LogP contribution in [0.1, 0.15) is 31.9 Å². The van der Waals surface area contributed by atoms with Gasteiger partial charge >= 0.3 is 0 Å². The Labute approximate surface area is 161 Å². The van der Waals surface area contributed by atoms with Gasteiger partial charge in [-0.2, -0.15) is 4.98 Å². The van der Waals surface area contributed by atoms with Gasteiger partial charge in [0.2, 0.25) is 11.1 Å². The van der Waals surface area contributed by atoms with Crippen LogP contribution in [0.4, 0.5) is 5.95 Å². The molecule has 8 heteroatoms. The van der Waals surface area contributed by atoms with E-state index >= 15 is 0 Å². The van der Waals surface area contributed by atoms with Crippen LogP contribution in [0, 0.1) is 11.3 Å². The second kappa shape index (κ2) is 6.30. The van der Waals surface area contributed by atoms with E-state index in [0.717, 1.165) is 11.3 Å². The lowest BCUT2D eigenvalue weighted by Gasteiger charge is -2.40. The number of fused-ring (bicyclic) bond motifs is 2. The number of anilines is 1. The molecule has 0 radical (unpaired) electrons. The molecule has 0 spiro atoms. The number of thioether (sulfide) groups is 1. The molecule has 7 nitrogen and oxygen atoms in total. The maximum atomic E-state index is 13.1. The Balaban J connectivity index is 1.92. The molecule has 2 atom stereocenters. The zero-order chi connectivity index (χ0) is 19.3. The van der Waals surface area contributed by atoms with E-state index in [-0.39, 0.29) is 28.9 Å². The minimum absolute atomic E-state index is 0.0608. The Bertz CT molecular complexity index is 950. The number of phenols is 1. The van der Waals surface area contributed by atoms with Crippen LogP contribution in [0.2, 0.25) is 0 Å². The lowest BCUT2D eigenvalue weighted by atomic mass is 9.72. The highest BCUT2D eigenvalue weighted by Crippen LogP contribution is 2.46. The molecule has 142 valence electrons. The van der Waals surface area contributed by atoms with Crippen molar-refractivity contribution in [3.63, 3.8) is 0 Å². The number of rotatable bonds is 3. The van der Waals surface area contributed by atoms with Gasteiger partial charge < -0.3 is 15.2 Å². The minimum atomic E-state index is -0.379. The molecular formula is C19H22N4O3S. The van der Waals surface area contributed by atoms with E-state index < -0.39 is 0 Å². The average Bonchev–Trinajstić information content (AvgIpc) is 3.02. The molecule has 4 rings (SSSR count). The quantitative estimate of drug-likeness (QED) is 0.783. The number of hydrogen-bond donors (Lipinski definition) is 2. The van der Waals surface area contributed by atoms with Gasteiger partial charge in [0.05, 0.1) is 19.1 Å². The first kappa shape index (κ1) is 17.9. The second-order valence-corrected chi connectivity index (χ2v) is 8.35. The van der Waals surface area contributed by atoms with Crippen LogP contribution in [0.3, 0.4) is 0 Å². The molecule has 2 N–H and O–H groups in total. The van der Waals surface area contributed by atoms with Gasteiger partial charge in [0.25, 0.3) is 0 Å². The molecule has 2 aromatic rings. The number of carbonyl (C=O) groups excluding carboxylic acids is 1. The number of hydrogen-bond acceptors (Lipinski definition) is 7. The van der Waals surface area contributed by atoms with Crippen molar-refractivity contribution in [3.8, 4) is 11.5 Å². The summed E-state index contributed by atoms with van der Waals surface area (Å²) in [7, 11) is 1.51. The van der Waals surface area contributed by atoms with Gasteiger partial charge in [0, 0.05) is 12.1 Å². The largest absolute Gasteiger partial charge is 0.504 e. The van der Waals surface area contributed by atoms with Crippen LogP contribution >= 0.6 is 11.8 Å². The molecule has 0 bridgehead atoms. The molecule has 27 heavy (non-hydrogen) atoms. The van der Waals surface area contributed by atoms with Crippen molar-refractivity contribution in [2.24, 2.45) is 11.3 Å². The highest BCUT2D eigenvalue weighted by molar-refractivity contribution is 7.98. The number of methoxy groups -OCH3 is 1. The van der Waals surface area contributed by atoms with Crippen molar-refractivity contribution < 1.29 is 14.6 Å². The molecule has 0 amide bonds. The molecule has 1 aromatic heterocycles. The maximum absolute atomic E-state index is 13.1. The van der Waals surface area contributed by atoms with Crippen molar-refractivity contribution >= 4 is 23.5 Å². The minimum Gasteiger partial charge on any atom is -0.504 e. The van der Waals surface area contributed by atoms with E-state index in [9.17, 15) is 9.90 Å². The predicted molar refractivity (Wildman–Crippen MR) is 103 cm³/mol. The number of ketones is 1. The number of carbonyl (C=O) groups is 1. The third-order valence-electron chi connectivity index (χ3n) is 5.03. The summed E-state index contributed by atoms with van der Waals surface area (Å²) < 4.78 is 7.05. The fourth-order valence-electron chi connectivity index (χ4n) is 3.91. The standard InChI is InChI=1S/C19H22N4O3S/c1-19(2)8-11-15(13(25)9-19)16(10-5-6-12(24)14(7-10)26-3)23-17(20-11)21-18(22-23)27-4/h5-8,15-16,24H,9H2,1-4H3,(H,20,21,22)/t15-,16-/m1/s1. The van der Waals surface area contributed by atoms with Gasteiger partial charge in [-0.1, -0.05) is 37.8 Å². The van der Waals surface area contributed by atoms with Crippen LogP contribution < -0.4 is 10.1 Å². The summed E-state index contributed by atoms with van der Waals surface area (Å²) >= 11 is 1.45. The zero-order valence-corrected chi connectivity index (χ0v) is 16.5. The van der Waals surface area contributed by atoms with Crippen molar-refractivity contribution in [3.05, 3.63) is 35.5 Å². The van der Waals surface area contributed by atoms with Crippen molar-refractivity contribution in [2.75, 3.05) is 18.7 Å². The Morgan fingerprint density at radius 2 is 2.19 bits per heavy atom. The summed E-state index contributed by atoms with van der Waals surface area (Å²) in [4.78, 5) is 17.6. The molecule has 1 aliphatic heterocycles. The van der Waals surface area contributed by atoms with Gasteiger partial charge in [-0.15, -0.1) is 5.10 Å². The average molecular weight is 386 g/mol. The first-order valence-electron chi connectivity index (χ1n) is 8.73. The van der Waals surface area contributed by atoms with E-state index in [2.05, 4.69) is 35.3 Å². The van der Waals surface area contributed by atoms with Crippen LogP contribution in [0.15, 0.2) is 35.1 Å². The van der Waals surface area contributed by atoms with Gasteiger partial charge in [-0.25, -0.2) is 4.68 Å². The topological polar surface area (TPSA) is 89.3 Å². The molecule has 2 aliphatic rings. The number of phenolic OH excluding ortho intramolecular Hbond substituents is 1. The van der Waals surface area contributed by atoms with Crippen molar-refractivity contribution in [2.45, 2.75) is 31.5 Å². The number of nitrogens with one attached hydrogen (secondary N) is 1. The number of aromatic nitrogens is 3. The first-order valence-corrected chi connectivity index (χ1v) is 9.95. The fourth-order valence-corrected chi connectivity index (χ4v) is 4.25. The molecular weight excluding hydrogens is 364 g/mol. The van der Waals surface area contributed by atoms with E-state index in [1.165, 1.54) is 18.9 Å². The Morgan fingerprint density at radius 1 is 1.41 bits per heavy atom. The van der Waals surface area contributed by atoms with Gasteiger partial charge in [-0.3, -0.25) is 4.79 Å². The van der Waals surface area contributed by atoms with E-state index in [0.29, 0.717) is 23.3 Å². The highest BCUT2D eigenvalue weighted by Gasteiger charge is 2.45. The summed E-state index contributed by atoms with van der Waals surface area (Å²) in [5.41, 5.74) is 1.49. The SMILES string of the molecule is COc1cc([C@@H]2[C@H]3C(=O)CC(C)(C)C=C3Nc3nc(SC)nn32)ccc1O. The third kappa shape index (κ3) is 2.97. The van der Waals surface area contributed by atoms with Crippen LogP contribution in [0.25, 0.3) is 0 Å². The molecule has 1 aromatic carbocycles. The Morgan fingerprint density at radius 3 is 2.89 bits per heavy atom. The fraction of sp³-hybridized carbons (Fsp3) is 0.421. The molecule has 0 fully saturated rings. The summed E-state index contributed by atoms with van der Waals surface area (Å²) in [6.07, 6.45) is 4.51. The smallest absolute Gasteiger partial charge is 0.227 e. The molecule has 1 aliphatic carbocycles. The zero-order valence-electron chi connectivity index (χ0n) is 15.7. The number of ether oxygens (including phenoxy) is 1. The molecule has 0 saturated heterocycles. The van der Waals surface area contributed by atoms with Crippen molar-refractivity contribution in [1.29, 1.82) is 0 Å². The molecule has 2 heterocycles. The summed E-state index contributed by atoms with van der Waals surface area (Å²) in [6.45, 7) is 4.11. The van der Waals surface area contributed by atoms with E-state index in [1.54, 1.807) is 16.8 Å². The van der Waals surface area contributed by atoms with E-state index in [1.807, 2.05) is 12.3 Å². The third-order valence-corrected chi connectivity index (χ3v) is 5.57. The van der Waals surface area contributed by atoms with Crippen LogP contribution in [-0.2, 0) is 4.79 Å². The monoisotopic (exact) mass is 386 g/mol. The highest BCUT2D eigenvalue weighted by atomic mass is 32.2. The maximum Gasteiger partial charge on any atom is 0.227 e. The predicted octanol–water partition coefficient (Wildman–Crippen LogP) is 3.23. The summed E-state index contributed by atoms with van der Waals surface area (Å²) in [5, 5.41) is 18.5. The number of Topliss-reactive ketones (excluding diaryl/α,β-unsaturated/α-hetero) is 1.